The van der Waals surface area contributed by atoms with Crippen LogP contribution < -0.4 is 10.0 Å². The maximum Gasteiger partial charge on any atom is 0.104 e. The zero-order valence-electron chi connectivity index (χ0n) is 8.21. The first-order valence-corrected chi connectivity index (χ1v) is 4.77. The first kappa shape index (κ1) is 10.5. The Hall–Kier alpha value is -0.610. The molecule has 4 heteroatoms. The van der Waals surface area contributed by atoms with Gasteiger partial charge in [-0.05, 0) is 13.8 Å². The van der Waals surface area contributed by atoms with E-state index < -0.39 is 5.97 Å². The molecule has 0 aromatic carbocycles. The molecule has 0 saturated carbocycles. The lowest BCUT2D eigenvalue weighted by Gasteiger charge is -2.32. The van der Waals surface area contributed by atoms with Gasteiger partial charge in [-0.1, -0.05) is 0 Å². The number of morpholine rings is 1. The van der Waals surface area contributed by atoms with Crippen LogP contribution in [0.3, 0.4) is 0 Å². The van der Waals surface area contributed by atoms with E-state index in [4.69, 9.17) is 4.74 Å². The number of carboxylic acids is 1. The van der Waals surface area contributed by atoms with Crippen LogP contribution in [0.1, 0.15) is 20.3 Å². The van der Waals surface area contributed by atoms with E-state index in [0.717, 1.165) is 13.1 Å². The third-order valence-corrected chi connectivity index (χ3v) is 2.30. The molecular formula is C9H17NO3. The number of hydrogen-bond acceptors (Lipinski definition) is 3. The first-order valence-electron chi connectivity index (χ1n) is 4.77. The van der Waals surface area contributed by atoms with Crippen LogP contribution in [0.4, 0.5) is 0 Å². The highest BCUT2D eigenvalue weighted by Gasteiger charge is 2.24. The zero-order valence-corrected chi connectivity index (χ0v) is 8.21. The maximum absolute atomic E-state index is 10.2. The van der Waals surface area contributed by atoms with E-state index in [2.05, 4.69) is 0 Å². The van der Waals surface area contributed by atoms with E-state index in [-0.39, 0.29) is 18.6 Å². The predicted octanol–water partition coefficient (Wildman–Crippen LogP) is -2.18. The van der Waals surface area contributed by atoms with Gasteiger partial charge in [0.2, 0.25) is 0 Å². The number of ether oxygens (including phenoxy) is 1. The number of hydrogen-bond donors (Lipinski definition) is 1. The molecule has 0 spiro atoms. The van der Waals surface area contributed by atoms with Crippen LogP contribution in [0.2, 0.25) is 0 Å². The Morgan fingerprint density at radius 3 is 2.46 bits per heavy atom. The minimum absolute atomic E-state index is 0.148. The molecule has 0 aromatic heterocycles. The monoisotopic (exact) mass is 187 g/mol. The predicted molar refractivity (Wildman–Crippen MR) is 45.2 cm³/mol. The molecule has 1 N–H and O–H groups in total. The highest BCUT2D eigenvalue weighted by Crippen LogP contribution is 1.98. The lowest BCUT2D eigenvalue weighted by molar-refractivity contribution is -0.914. The summed E-state index contributed by atoms with van der Waals surface area (Å²) in [5.41, 5.74) is 0. The molecule has 4 nitrogen and oxygen atoms in total. The Balaban J connectivity index is 2.28. The van der Waals surface area contributed by atoms with Gasteiger partial charge in [0.25, 0.3) is 0 Å². The van der Waals surface area contributed by atoms with Crippen molar-refractivity contribution in [3.63, 3.8) is 0 Å². The second kappa shape index (κ2) is 4.58. The van der Waals surface area contributed by atoms with Gasteiger partial charge in [-0.25, -0.2) is 0 Å². The summed E-state index contributed by atoms with van der Waals surface area (Å²) in [6.45, 7) is 6.50. The molecule has 1 fully saturated rings. The molecule has 1 heterocycles. The SMILES string of the molecule is C[C@@H]1C[NH+](CCC(=O)[O-])C[C@H](C)O1. The molecule has 0 radical (unpaired) electrons. The molecule has 1 aliphatic heterocycles. The second-order valence-electron chi connectivity index (χ2n) is 3.79. The molecule has 0 bridgehead atoms. The number of carbonyl (C=O) groups excluding carboxylic acids is 1. The number of quaternary nitrogens is 1. The third kappa shape index (κ3) is 3.74. The molecule has 13 heavy (non-hydrogen) atoms. The lowest BCUT2D eigenvalue weighted by Crippen LogP contribution is -3.15. The molecule has 0 amide bonds. The molecule has 0 aromatic rings. The quantitative estimate of drug-likeness (QED) is 0.546. The minimum atomic E-state index is -0.959. The van der Waals surface area contributed by atoms with Gasteiger partial charge in [-0.3, -0.25) is 0 Å². The highest BCUT2D eigenvalue weighted by atomic mass is 16.5. The second-order valence-corrected chi connectivity index (χ2v) is 3.79. The Kier molecular flexibility index (Phi) is 3.69. The molecular weight excluding hydrogens is 170 g/mol. The summed E-state index contributed by atoms with van der Waals surface area (Å²) in [7, 11) is 0. The van der Waals surface area contributed by atoms with Crippen molar-refractivity contribution >= 4 is 5.97 Å². The lowest BCUT2D eigenvalue weighted by atomic mass is 10.2. The normalized spacial score (nSPS) is 34.5. The zero-order chi connectivity index (χ0) is 9.84. The largest absolute Gasteiger partial charge is 0.550 e. The van der Waals surface area contributed by atoms with Crippen LogP contribution in [0, 0.1) is 0 Å². The van der Waals surface area contributed by atoms with Gasteiger partial charge in [0.15, 0.2) is 0 Å². The highest BCUT2D eigenvalue weighted by molar-refractivity contribution is 5.64. The summed E-state index contributed by atoms with van der Waals surface area (Å²) >= 11 is 0. The van der Waals surface area contributed by atoms with Crippen molar-refractivity contribution in [2.75, 3.05) is 19.6 Å². The van der Waals surface area contributed by atoms with Crippen molar-refractivity contribution in [3.05, 3.63) is 0 Å². The maximum atomic E-state index is 10.2. The number of rotatable bonds is 3. The fraction of sp³-hybridized carbons (Fsp3) is 0.889. The Bertz CT molecular complexity index is 174. The average Bonchev–Trinajstić information content (AvgIpc) is 1.99. The fourth-order valence-electron chi connectivity index (χ4n) is 1.87. The van der Waals surface area contributed by atoms with Crippen molar-refractivity contribution < 1.29 is 19.5 Å². The van der Waals surface area contributed by atoms with Gasteiger partial charge >= 0.3 is 0 Å². The van der Waals surface area contributed by atoms with Crippen molar-refractivity contribution in [2.45, 2.75) is 32.5 Å². The number of carbonyl (C=O) groups is 1. The molecule has 1 rings (SSSR count). The minimum Gasteiger partial charge on any atom is -0.550 e. The van der Waals surface area contributed by atoms with Gasteiger partial charge in [-0.15, -0.1) is 0 Å². The number of nitrogens with one attached hydrogen (secondary N) is 1. The van der Waals surface area contributed by atoms with E-state index in [1.807, 2.05) is 13.8 Å². The molecule has 0 aliphatic carbocycles. The van der Waals surface area contributed by atoms with Crippen LogP contribution in [-0.2, 0) is 9.53 Å². The molecule has 1 saturated heterocycles. The third-order valence-electron chi connectivity index (χ3n) is 2.30. The van der Waals surface area contributed by atoms with Gasteiger partial charge in [0.1, 0.15) is 25.3 Å². The molecule has 3 atom stereocenters. The van der Waals surface area contributed by atoms with Crippen LogP contribution in [0.25, 0.3) is 0 Å². The number of carboxylic acid groups (broad SMARTS) is 1. The first-order chi connectivity index (χ1) is 6.08. The topological polar surface area (TPSA) is 53.8 Å². The van der Waals surface area contributed by atoms with Gasteiger partial charge in [-0.2, -0.15) is 0 Å². The van der Waals surface area contributed by atoms with Crippen molar-refractivity contribution in [1.82, 2.24) is 0 Å². The van der Waals surface area contributed by atoms with Crippen LogP contribution >= 0.6 is 0 Å². The average molecular weight is 187 g/mol. The van der Waals surface area contributed by atoms with E-state index in [0.29, 0.717) is 6.54 Å². The molecule has 1 unspecified atom stereocenters. The Morgan fingerprint density at radius 2 is 2.00 bits per heavy atom. The van der Waals surface area contributed by atoms with Crippen LogP contribution in [0.5, 0.6) is 0 Å². The standard InChI is InChI=1S/C9H17NO3/c1-7-5-10(4-3-9(11)12)6-8(2)13-7/h7-8H,3-6H2,1-2H3,(H,11,12)/t7-,8+. The Morgan fingerprint density at radius 1 is 1.46 bits per heavy atom. The summed E-state index contributed by atoms with van der Waals surface area (Å²) in [6.07, 6.45) is 0.621. The summed E-state index contributed by atoms with van der Waals surface area (Å²) in [6, 6.07) is 0. The van der Waals surface area contributed by atoms with Crippen molar-refractivity contribution in [2.24, 2.45) is 0 Å². The Labute approximate surface area is 78.5 Å². The van der Waals surface area contributed by atoms with Gasteiger partial charge in [0, 0.05) is 12.4 Å². The van der Waals surface area contributed by atoms with Crippen molar-refractivity contribution in [3.8, 4) is 0 Å². The molecule has 76 valence electrons. The van der Waals surface area contributed by atoms with Crippen LogP contribution in [-0.4, -0.2) is 37.8 Å². The summed E-state index contributed by atoms with van der Waals surface area (Å²) < 4.78 is 5.54. The van der Waals surface area contributed by atoms with Crippen molar-refractivity contribution in [1.29, 1.82) is 0 Å². The van der Waals surface area contributed by atoms with Gasteiger partial charge in [0.05, 0.1) is 6.54 Å². The van der Waals surface area contributed by atoms with E-state index in [1.165, 1.54) is 4.90 Å². The van der Waals surface area contributed by atoms with E-state index >= 15 is 0 Å². The van der Waals surface area contributed by atoms with E-state index in [9.17, 15) is 9.90 Å². The van der Waals surface area contributed by atoms with Crippen LogP contribution in [0.15, 0.2) is 0 Å². The van der Waals surface area contributed by atoms with E-state index in [1.54, 1.807) is 0 Å². The van der Waals surface area contributed by atoms with Gasteiger partial charge < -0.3 is 19.5 Å². The summed E-state index contributed by atoms with van der Waals surface area (Å²) in [5.74, 6) is -0.959. The fourth-order valence-corrected chi connectivity index (χ4v) is 1.87. The summed E-state index contributed by atoms with van der Waals surface area (Å²) in [5, 5.41) is 10.2. The number of aliphatic carboxylic acids is 1. The molecule has 1 aliphatic rings. The summed E-state index contributed by atoms with van der Waals surface area (Å²) in [4.78, 5) is 11.6. The smallest absolute Gasteiger partial charge is 0.104 e.